The van der Waals surface area contributed by atoms with Crippen LogP contribution in [-0.4, -0.2) is 31.6 Å². The Labute approximate surface area is 94.1 Å². The third kappa shape index (κ3) is 1.58. The molecule has 1 aliphatic heterocycles. The fourth-order valence-electron chi connectivity index (χ4n) is 2.03. The number of hydrogen-bond donors (Lipinski definition) is 1. The number of hydrogen-bond acceptors (Lipinski definition) is 4. The molecule has 2 rings (SSSR count). The van der Waals surface area contributed by atoms with E-state index >= 15 is 0 Å². The fraction of sp³-hybridized carbons (Fsp3) is 0.800. The van der Waals surface area contributed by atoms with Gasteiger partial charge in [-0.15, -0.1) is 5.10 Å². The highest BCUT2D eigenvalue weighted by atomic mass is 32.2. The van der Waals surface area contributed by atoms with Crippen molar-refractivity contribution in [2.75, 3.05) is 11.5 Å². The number of aromatic nitrogens is 3. The molecule has 1 unspecified atom stereocenters. The zero-order valence-corrected chi connectivity index (χ0v) is 10.2. The van der Waals surface area contributed by atoms with Gasteiger partial charge in [0, 0.05) is 18.2 Å². The molecule has 1 saturated heterocycles. The van der Waals surface area contributed by atoms with Crippen LogP contribution in [0, 0.1) is 5.41 Å². The maximum Gasteiger partial charge on any atom is 0.122 e. The molecule has 4 nitrogen and oxygen atoms in total. The van der Waals surface area contributed by atoms with Crippen LogP contribution in [-0.2, 0) is 12.6 Å². The van der Waals surface area contributed by atoms with Crippen LogP contribution in [0.2, 0.25) is 0 Å². The Hall–Kier alpha value is -0.550. The first kappa shape index (κ1) is 11.0. The minimum Gasteiger partial charge on any atom is -0.382 e. The van der Waals surface area contributed by atoms with Crippen molar-refractivity contribution in [3.05, 3.63) is 11.9 Å². The summed E-state index contributed by atoms with van der Waals surface area (Å²) in [7, 11) is 1.83. The molecule has 0 radical (unpaired) electrons. The molecule has 0 amide bonds. The molecule has 1 atom stereocenters. The molecule has 5 heteroatoms. The molecule has 0 spiro atoms. The zero-order valence-electron chi connectivity index (χ0n) is 9.40. The molecule has 1 aromatic rings. The largest absolute Gasteiger partial charge is 0.382 e. The minimum atomic E-state index is -0.811. The highest BCUT2D eigenvalue weighted by Gasteiger charge is 2.48. The topological polar surface area (TPSA) is 50.9 Å². The SMILES string of the molecule is Cn1nncc1C1(O)CSCCC1(C)C. The van der Waals surface area contributed by atoms with E-state index in [1.54, 1.807) is 22.6 Å². The summed E-state index contributed by atoms with van der Waals surface area (Å²) in [5.41, 5.74) is -0.110. The van der Waals surface area contributed by atoms with Gasteiger partial charge in [-0.05, 0) is 12.2 Å². The van der Waals surface area contributed by atoms with Gasteiger partial charge in [-0.1, -0.05) is 19.1 Å². The van der Waals surface area contributed by atoms with Gasteiger partial charge in [0.2, 0.25) is 0 Å². The highest BCUT2D eigenvalue weighted by molar-refractivity contribution is 7.99. The van der Waals surface area contributed by atoms with Crippen molar-refractivity contribution in [3.8, 4) is 0 Å². The van der Waals surface area contributed by atoms with Crippen LogP contribution in [0.3, 0.4) is 0 Å². The van der Waals surface area contributed by atoms with Crippen LogP contribution in [0.25, 0.3) is 0 Å². The van der Waals surface area contributed by atoms with Crippen molar-refractivity contribution >= 4 is 11.8 Å². The third-order valence-corrected chi connectivity index (χ3v) is 4.55. The van der Waals surface area contributed by atoms with E-state index in [-0.39, 0.29) is 5.41 Å². The van der Waals surface area contributed by atoms with Crippen LogP contribution in [0.5, 0.6) is 0 Å². The Morgan fingerprint density at radius 2 is 2.27 bits per heavy atom. The average Bonchev–Trinajstić information content (AvgIpc) is 2.57. The fourth-order valence-corrected chi connectivity index (χ4v) is 3.67. The second kappa shape index (κ2) is 3.49. The highest BCUT2D eigenvalue weighted by Crippen LogP contribution is 2.47. The third-order valence-electron chi connectivity index (χ3n) is 3.44. The first-order valence-corrected chi connectivity index (χ1v) is 6.28. The van der Waals surface area contributed by atoms with E-state index in [9.17, 15) is 5.11 Å². The quantitative estimate of drug-likeness (QED) is 0.782. The van der Waals surface area contributed by atoms with Gasteiger partial charge in [-0.25, -0.2) is 4.68 Å². The number of rotatable bonds is 1. The van der Waals surface area contributed by atoms with E-state index in [1.165, 1.54) is 0 Å². The molecule has 1 fully saturated rings. The van der Waals surface area contributed by atoms with Gasteiger partial charge in [0.15, 0.2) is 0 Å². The monoisotopic (exact) mass is 227 g/mol. The second-order valence-corrected chi connectivity index (χ2v) is 5.89. The Bertz CT molecular complexity index is 363. The smallest absolute Gasteiger partial charge is 0.122 e. The van der Waals surface area contributed by atoms with Crippen LogP contribution < -0.4 is 0 Å². The van der Waals surface area contributed by atoms with Crippen molar-refractivity contribution in [2.24, 2.45) is 12.5 Å². The average molecular weight is 227 g/mol. The predicted octanol–water partition coefficient (Wildman–Crippen LogP) is 1.17. The number of thioether (sulfide) groups is 1. The summed E-state index contributed by atoms with van der Waals surface area (Å²) >= 11 is 1.79. The maximum absolute atomic E-state index is 10.8. The predicted molar refractivity (Wildman–Crippen MR) is 60.6 cm³/mol. The van der Waals surface area contributed by atoms with Gasteiger partial charge in [-0.3, -0.25) is 0 Å². The van der Waals surface area contributed by atoms with Crippen molar-refractivity contribution in [1.29, 1.82) is 0 Å². The Morgan fingerprint density at radius 3 is 2.80 bits per heavy atom. The summed E-state index contributed by atoms with van der Waals surface area (Å²) < 4.78 is 1.67. The molecular weight excluding hydrogens is 210 g/mol. The zero-order chi connectivity index (χ0) is 11.1. The van der Waals surface area contributed by atoms with E-state index in [4.69, 9.17) is 0 Å². The van der Waals surface area contributed by atoms with E-state index < -0.39 is 5.60 Å². The van der Waals surface area contributed by atoms with Gasteiger partial charge in [0.25, 0.3) is 0 Å². The Kier molecular flexibility index (Phi) is 2.55. The lowest BCUT2D eigenvalue weighted by molar-refractivity contribution is -0.0640. The van der Waals surface area contributed by atoms with Crippen molar-refractivity contribution in [3.63, 3.8) is 0 Å². The lowest BCUT2D eigenvalue weighted by Crippen LogP contribution is -2.48. The summed E-state index contributed by atoms with van der Waals surface area (Å²) in [5, 5.41) is 18.6. The molecule has 1 aliphatic rings. The van der Waals surface area contributed by atoms with Crippen LogP contribution in [0.15, 0.2) is 6.20 Å². The van der Waals surface area contributed by atoms with Gasteiger partial charge >= 0.3 is 0 Å². The van der Waals surface area contributed by atoms with Crippen LogP contribution >= 0.6 is 11.8 Å². The Balaban J connectivity index is 2.44. The summed E-state index contributed by atoms with van der Waals surface area (Å²) in [5.74, 6) is 1.84. The summed E-state index contributed by atoms with van der Waals surface area (Å²) in [4.78, 5) is 0. The van der Waals surface area contributed by atoms with Gasteiger partial charge < -0.3 is 5.11 Å². The van der Waals surface area contributed by atoms with E-state index in [2.05, 4.69) is 24.2 Å². The lowest BCUT2D eigenvalue weighted by Gasteiger charge is -2.45. The van der Waals surface area contributed by atoms with Gasteiger partial charge in [0.1, 0.15) is 5.60 Å². The van der Waals surface area contributed by atoms with Gasteiger partial charge in [-0.2, -0.15) is 11.8 Å². The van der Waals surface area contributed by atoms with E-state index in [0.717, 1.165) is 23.6 Å². The lowest BCUT2D eigenvalue weighted by atomic mass is 9.72. The molecule has 15 heavy (non-hydrogen) atoms. The normalized spacial score (nSPS) is 30.4. The standard InChI is InChI=1S/C10H17N3OS/c1-9(2)4-5-15-7-10(9,14)8-6-11-12-13(8)3/h6,14H,4-5,7H2,1-3H3. The van der Waals surface area contributed by atoms with Crippen LogP contribution in [0.1, 0.15) is 26.0 Å². The van der Waals surface area contributed by atoms with E-state index in [0.29, 0.717) is 0 Å². The van der Waals surface area contributed by atoms with Crippen molar-refractivity contribution in [2.45, 2.75) is 25.9 Å². The molecule has 1 N–H and O–H groups in total. The molecule has 84 valence electrons. The first-order valence-electron chi connectivity index (χ1n) is 5.13. The molecule has 0 saturated carbocycles. The van der Waals surface area contributed by atoms with Gasteiger partial charge in [0.05, 0.1) is 11.9 Å². The molecule has 2 heterocycles. The number of nitrogens with zero attached hydrogens (tertiary/aromatic N) is 3. The number of aryl methyl sites for hydroxylation is 1. The number of aliphatic hydroxyl groups is 1. The maximum atomic E-state index is 10.8. The minimum absolute atomic E-state index is 0.117. The molecular formula is C10H17N3OS. The van der Waals surface area contributed by atoms with Crippen LogP contribution in [0.4, 0.5) is 0 Å². The molecule has 0 aromatic carbocycles. The second-order valence-electron chi connectivity index (χ2n) is 4.79. The Morgan fingerprint density at radius 1 is 1.53 bits per heavy atom. The summed E-state index contributed by atoms with van der Waals surface area (Å²) in [6, 6.07) is 0. The van der Waals surface area contributed by atoms with E-state index in [1.807, 2.05) is 7.05 Å². The van der Waals surface area contributed by atoms with Crippen molar-refractivity contribution in [1.82, 2.24) is 15.0 Å². The first-order chi connectivity index (χ1) is 6.97. The summed E-state index contributed by atoms with van der Waals surface area (Å²) in [6.07, 6.45) is 2.69. The summed E-state index contributed by atoms with van der Waals surface area (Å²) in [6.45, 7) is 4.22. The molecule has 0 bridgehead atoms. The molecule has 0 aliphatic carbocycles. The van der Waals surface area contributed by atoms with Crippen molar-refractivity contribution < 1.29 is 5.11 Å². The molecule has 1 aromatic heterocycles.